The molecule has 0 atom stereocenters. The fourth-order valence-corrected chi connectivity index (χ4v) is 3.39. The standard InChI is InChI=1S/C20H22Cl2N2O/c21-18-10-9-17(13-19(18)22)23-20(25)16-7-5-15(6-8-16)14-24-11-3-1-2-4-12-24/h5-10,13H,1-4,11-12,14H2,(H,23,25). The van der Waals surface area contributed by atoms with Crippen LogP contribution in [-0.4, -0.2) is 23.9 Å². The fourth-order valence-electron chi connectivity index (χ4n) is 3.09. The highest BCUT2D eigenvalue weighted by molar-refractivity contribution is 6.42. The van der Waals surface area contributed by atoms with Crippen molar-refractivity contribution in [2.45, 2.75) is 32.2 Å². The minimum absolute atomic E-state index is 0.153. The van der Waals surface area contributed by atoms with Gasteiger partial charge in [0.2, 0.25) is 0 Å². The van der Waals surface area contributed by atoms with Crippen LogP contribution in [-0.2, 0) is 6.54 Å². The molecule has 0 aliphatic carbocycles. The number of carbonyl (C=O) groups excluding carboxylic acids is 1. The van der Waals surface area contributed by atoms with Crippen LogP contribution in [0.2, 0.25) is 10.0 Å². The summed E-state index contributed by atoms with van der Waals surface area (Å²) in [5.41, 5.74) is 2.51. The van der Waals surface area contributed by atoms with Gasteiger partial charge in [0.25, 0.3) is 5.91 Å². The van der Waals surface area contributed by atoms with Gasteiger partial charge in [-0.25, -0.2) is 0 Å². The van der Waals surface area contributed by atoms with E-state index in [1.807, 2.05) is 24.3 Å². The van der Waals surface area contributed by atoms with Crippen LogP contribution in [0, 0.1) is 0 Å². The molecule has 0 saturated carbocycles. The second kappa shape index (κ2) is 8.70. The average molecular weight is 377 g/mol. The second-order valence-corrected chi connectivity index (χ2v) is 7.28. The lowest BCUT2D eigenvalue weighted by atomic mass is 10.1. The first-order valence-electron chi connectivity index (χ1n) is 8.69. The number of carbonyl (C=O) groups is 1. The average Bonchev–Trinajstić information content (AvgIpc) is 2.87. The lowest BCUT2D eigenvalue weighted by Gasteiger charge is -2.19. The van der Waals surface area contributed by atoms with Crippen molar-refractivity contribution in [2.24, 2.45) is 0 Å². The van der Waals surface area contributed by atoms with Gasteiger partial charge in [0.05, 0.1) is 10.0 Å². The third kappa shape index (κ3) is 5.21. The number of nitrogens with one attached hydrogen (secondary N) is 1. The molecule has 0 aromatic heterocycles. The topological polar surface area (TPSA) is 32.3 Å². The van der Waals surface area contributed by atoms with E-state index in [-0.39, 0.29) is 5.91 Å². The van der Waals surface area contributed by atoms with E-state index in [9.17, 15) is 4.79 Å². The predicted molar refractivity (Wildman–Crippen MR) is 105 cm³/mol. The number of likely N-dealkylation sites (tertiary alicyclic amines) is 1. The molecular weight excluding hydrogens is 355 g/mol. The lowest BCUT2D eigenvalue weighted by Crippen LogP contribution is -2.24. The Kier molecular flexibility index (Phi) is 6.35. The molecule has 25 heavy (non-hydrogen) atoms. The Morgan fingerprint density at radius 2 is 1.60 bits per heavy atom. The third-order valence-electron chi connectivity index (χ3n) is 4.50. The smallest absolute Gasteiger partial charge is 0.255 e. The molecule has 0 radical (unpaired) electrons. The van der Waals surface area contributed by atoms with E-state index < -0.39 is 0 Å². The number of anilines is 1. The molecule has 0 bridgehead atoms. The zero-order valence-corrected chi connectivity index (χ0v) is 15.6. The van der Waals surface area contributed by atoms with Crippen LogP contribution in [0.3, 0.4) is 0 Å². The molecule has 1 saturated heterocycles. The molecular formula is C20H22Cl2N2O. The number of rotatable bonds is 4. The molecule has 1 amide bonds. The Morgan fingerprint density at radius 1 is 0.920 bits per heavy atom. The first-order chi connectivity index (χ1) is 12.1. The summed E-state index contributed by atoms with van der Waals surface area (Å²) in [7, 11) is 0. The summed E-state index contributed by atoms with van der Waals surface area (Å²) in [6.45, 7) is 3.29. The first kappa shape index (κ1) is 18.2. The molecule has 1 N–H and O–H groups in total. The molecule has 0 spiro atoms. The number of benzene rings is 2. The molecule has 1 aliphatic rings. The van der Waals surface area contributed by atoms with Gasteiger partial charge in [0, 0.05) is 17.8 Å². The van der Waals surface area contributed by atoms with Crippen LogP contribution in [0.4, 0.5) is 5.69 Å². The van der Waals surface area contributed by atoms with Crippen LogP contribution >= 0.6 is 23.2 Å². The highest BCUT2D eigenvalue weighted by atomic mass is 35.5. The van der Waals surface area contributed by atoms with Gasteiger partial charge in [-0.05, 0) is 61.8 Å². The van der Waals surface area contributed by atoms with E-state index in [1.165, 1.54) is 44.3 Å². The Balaban J connectivity index is 1.60. The van der Waals surface area contributed by atoms with E-state index in [4.69, 9.17) is 23.2 Å². The van der Waals surface area contributed by atoms with E-state index in [2.05, 4.69) is 10.2 Å². The van der Waals surface area contributed by atoms with Crippen LogP contribution in [0.5, 0.6) is 0 Å². The van der Waals surface area contributed by atoms with Gasteiger partial charge >= 0.3 is 0 Å². The summed E-state index contributed by atoms with van der Waals surface area (Å²) >= 11 is 11.9. The van der Waals surface area contributed by atoms with Crippen molar-refractivity contribution in [3.05, 3.63) is 63.6 Å². The van der Waals surface area contributed by atoms with Crippen LogP contribution < -0.4 is 5.32 Å². The van der Waals surface area contributed by atoms with Gasteiger partial charge in [-0.2, -0.15) is 0 Å². The summed E-state index contributed by atoms with van der Waals surface area (Å²) in [4.78, 5) is 14.9. The zero-order valence-electron chi connectivity index (χ0n) is 14.1. The van der Waals surface area contributed by atoms with Crippen molar-refractivity contribution in [1.82, 2.24) is 4.90 Å². The van der Waals surface area contributed by atoms with Crippen LogP contribution in [0.15, 0.2) is 42.5 Å². The molecule has 3 nitrogen and oxygen atoms in total. The molecule has 2 aromatic carbocycles. The SMILES string of the molecule is O=C(Nc1ccc(Cl)c(Cl)c1)c1ccc(CN2CCCCCC2)cc1. The van der Waals surface area contributed by atoms with E-state index in [1.54, 1.807) is 18.2 Å². The lowest BCUT2D eigenvalue weighted by molar-refractivity contribution is 0.102. The predicted octanol–water partition coefficient (Wildman–Crippen LogP) is 5.62. The number of hydrogen-bond acceptors (Lipinski definition) is 2. The van der Waals surface area contributed by atoms with Crippen LogP contribution in [0.25, 0.3) is 0 Å². The summed E-state index contributed by atoms with van der Waals surface area (Å²) in [6.07, 6.45) is 5.24. The summed E-state index contributed by atoms with van der Waals surface area (Å²) < 4.78 is 0. The molecule has 132 valence electrons. The number of halogens is 2. The number of amides is 1. The molecule has 1 aliphatic heterocycles. The Hall–Kier alpha value is -1.55. The van der Waals surface area contributed by atoms with Crippen molar-refractivity contribution in [3.63, 3.8) is 0 Å². The maximum absolute atomic E-state index is 12.4. The Labute approximate surface area is 158 Å². The third-order valence-corrected chi connectivity index (χ3v) is 5.24. The van der Waals surface area contributed by atoms with Crippen molar-refractivity contribution in [1.29, 1.82) is 0 Å². The van der Waals surface area contributed by atoms with Gasteiger partial charge < -0.3 is 5.32 Å². The Bertz CT molecular complexity index is 723. The normalized spacial score (nSPS) is 15.6. The van der Waals surface area contributed by atoms with Crippen molar-refractivity contribution >= 4 is 34.8 Å². The maximum Gasteiger partial charge on any atom is 0.255 e. The molecule has 3 rings (SSSR count). The fraction of sp³-hybridized carbons (Fsp3) is 0.350. The highest BCUT2D eigenvalue weighted by Gasteiger charge is 2.11. The minimum atomic E-state index is -0.153. The molecule has 1 heterocycles. The summed E-state index contributed by atoms with van der Waals surface area (Å²) in [5, 5.41) is 3.74. The van der Waals surface area contributed by atoms with Gasteiger partial charge in [0.15, 0.2) is 0 Å². The van der Waals surface area contributed by atoms with Gasteiger partial charge in [-0.3, -0.25) is 9.69 Å². The highest BCUT2D eigenvalue weighted by Crippen LogP contribution is 2.25. The Morgan fingerprint density at radius 3 is 2.24 bits per heavy atom. The van der Waals surface area contributed by atoms with E-state index >= 15 is 0 Å². The van der Waals surface area contributed by atoms with Gasteiger partial charge in [0.1, 0.15) is 0 Å². The molecule has 1 fully saturated rings. The van der Waals surface area contributed by atoms with E-state index in [0.29, 0.717) is 21.3 Å². The van der Waals surface area contributed by atoms with Crippen molar-refractivity contribution in [3.8, 4) is 0 Å². The summed E-state index contributed by atoms with van der Waals surface area (Å²) in [6, 6.07) is 12.9. The number of hydrogen-bond donors (Lipinski definition) is 1. The van der Waals surface area contributed by atoms with Crippen molar-refractivity contribution < 1.29 is 4.79 Å². The number of nitrogens with zero attached hydrogens (tertiary/aromatic N) is 1. The van der Waals surface area contributed by atoms with Crippen molar-refractivity contribution in [2.75, 3.05) is 18.4 Å². The molecule has 5 heteroatoms. The molecule has 2 aromatic rings. The quantitative estimate of drug-likeness (QED) is 0.750. The molecule has 0 unspecified atom stereocenters. The maximum atomic E-state index is 12.4. The van der Waals surface area contributed by atoms with Gasteiger partial charge in [-0.1, -0.05) is 48.2 Å². The van der Waals surface area contributed by atoms with Gasteiger partial charge in [-0.15, -0.1) is 0 Å². The minimum Gasteiger partial charge on any atom is -0.322 e. The van der Waals surface area contributed by atoms with E-state index in [0.717, 1.165) is 6.54 Å². The first-order valence-corrected chi connectivity index (χ1v) is 9.45. The summed E-state index contributed by atoms with van der Waals surface area (Å²) in [5.74, 6) is -0.153. The second-order valence-electron chi connectivity index (χ2n) is 6.47. The zero-order chi connectivity index (χ0) is 17.6. The monoisotopic (exact) mass is 376 g/mol. The largest absolute Gasteiger partial charge is 0.322 e. The van der Waals surface area contributed by atoms with Crippen LogP contribution in [0.1, 0.15) is 41.6 Å².